The van der Waals surface area contributed by atoms with Gasteiger partial charge in [-0.05, 0) is 31.5 Å². The molecule has 3 amide bonds. The third-order valence-corrected chi connectivity index (χ3v) is 5.63. The maximum Gasteiger partial charge on any atom is 0.435 e. The zero-order valence-corrected chi connectivity index (χ0v) is 18.5. The van der Waals surface area contributed by atoms with Crippen molar-refractivity contribution in [1.29, 1.82) is 0 Å². The lowest BCUT2D eigenvalue weighted by atomic mass is 10.0. The summed E-state index contributed by atoms with van der Waals surface area (Å²) in [6, 6.07) is 7.85. The number of alkyl halides is 3. The number of aromatic nitrogens is 2. The predicted molar refractivity (Wildman–Crippen MR) is 115 cm³/mol. The average Bonchev–Trinajstić information content (AvgIpc) is 3.25. The van der Waals surface area contributed by atoms with E-state index >= 15 is 0 Å². The fraction of sp³-hybridized carbons (Fsp3) is 0.409. The van der Waals surface area contributed by atoms with E-state index in [-0.39, 0.29) is 24.8 Å². The number of urea groups is 1. The van der Waals surface area contributed by atoms with E-state index in [1.807, 2.05) is 31.2 Å². The molecule has 0 radical (unpaired) electrons. The normalized spacial score (nSPS) is 19.7. The molecule has 2 aliphatic heterocycles. The minimum atomic E-state index is -4.60. The number of morpholine rings is 1. The van der Waals surface area contributed by atoms with Gasteiger partial charge in [-0.2, -0.15) is 23.4 Å². The summed E-state index contributed by atoms with van der Waals surface area (Å²) >= 11 is 0. The number of hydrogen-bond acceptors (Lipinski definition) is 6. The van der Waals surface area contributed by atoms with E-state index in [9.17, 15) is 22.8 Å². The van der Waals surface area contributed by atoms with Crippen LogP contribution in [0.15, 0.2) is 41.5 Å². The first-order chi connectivity index (χ1) is 16.1. The van der Waals surface area contributed by atoms with Crippen molar-refractivity contribution in [2.45, 2.75) is 32.1 Å². The Morgan fingerprint density at radius 2 is 1.91 bits per heavy atom. The van der Waals surface area contributed by atoms with Crippen LogP contribution in [0.5, 0.6) is 0 Å². The molecule has 4 rings (SSSR count). The SMILES string of the molecule is Cc1ccc(C2=NN(C(=O)N[C@H](C)c3ccc(C(F)(F)F)nn3)CC2N2CCOCC2=O)cc1. The van der Waals surface area contributed by atoms with E-state index in [1.165, 1.54) is 11.1 Å². The Balaban J connectivity index is 1.52. The second-order valence-corrected chi connectivity index (χ2v) is 8.10. The molecule has 0 bridgehead atoms. The van der Waals surface area contributed by atoms with Crippen molar-refractivity contribution in [3.05, 3.63) is 58.9 Å². The highest BCUT2D eigenvalue weighted by atomic mass is 19.4. The lowest BCUT2D eigenvalue weighted by Crippen LogP contribution is -2.52. The van der Waals surface area contributed by atoms with E-state index in [0.717, 1.165) is 17.2 Å². The summed E-state index contributed by atoms with van der Waals surface area (Å²) in [5.41, 5.74) is 1.48. The number of hydrazone groups is 1. The van der Waals surface area contributed by atoms with Crippen molar-refractivity contribution in [1.82, 2.24) is 25.4 Å². The molecule has 1 fully saturated rings. The molecule has 2 aliphatic rings. The van der Waals surface area contributed by atoms with Crippen molar-refractivity contribution in [3.63, 3.8) is 0 Å². The van der Waals surface area contributed by atoms with Gasteiger partial charge in [0.25, 0.3) is 0 Å². The molecular formula is C22H23F3N6O3. The van der Waals surface area contributed by atoms with Gasteiger partial charge in [-0.3, -0.25) is 4.79 Å². The van der Waals surface area contributed by atoms with Gasteiger partial charge in [-0.15, -0.1) is 5.10 Å². The van der Waals surface area contributed by atoms with E-state index < -0.39 is 30.0 Å². The maximum absolute atomic E-state index is 12.9. The van der Waals surface area contributed by atoms with E-state index in [1.54, 1.807) is 11.8 Å². The first kappa shape index (κ1) is 23.6. The molecule has 34 heavy (non-hydrogen) atoms. The highest BCUT2D eigenvalue weighted by molar-refractivity contribution is 6.08. The van der Waals surface area contributed by atoms with Gasteiger partial charge < -0.3 is 15.0 Å². The lowest BCUT2D eigenvalue weighted by molar-refractivity contribution is -0.144. The molecule has 1 saturated heterocycles. The summed E-state index contributed by atoms with van der Waals surface area (Å²) in [4.78, 5) is 27.1. The molecule has 12 heteroatoms. The molecule has 1 unspecified atom stereocenters. The molecule has 1 aromatic carbocycles. The standard InChI is InChI=1S/C22H23F3N6O3/c1-13-3-5-15(6-4-13)20-17(30-9-10-34-12-19(30)32)11-31(29-20)21(33)26-14(2)16-7-8-18(28-27-16)22(23,24)25/h3-8,14,17H,9-12H2,1-2H3,(H,26,33)/t14-,17?/m1/s1. The van der Waals surface area contributed by atoms with Crippen LogP contribution in [0.3, 0.4) is 0 Å². The second-order valence-electron chi connectivity index (χ2n) is 8.10. The smallest absolute Gasteiger partial charge is 0.370 e. The van der Waals surface area contributed by atoms with Crippen LogP contribution in [0, 0.1) is 6.92 Å². The van der Waals surface area contributed by atoms with Crippen molar-refractivity contribution in [2.75, 3.05) is 26.3 Å². The molecule has 0 aliphatic carbocycles. The van der Waals surface area contributed by atoms with Crippen LogP contribution in [0.1, 0.15) is 35.5 Å². The van der Waals surface area contributed by atoms with Crippen molar-refractivity contribution < 1.29 is 27.5 Å². The topological polar surface area (TPSA) is 100 Å². The molecule has 1 N–H and O–H groups in total. The van der Waals surface area contributed by atoms with Crippen molar-refractivity contribution >= 4 is 17.6 Å². The Kier molecular flexibility index (Phi) is 6.51. The molecule has 1 aromatic heterocycles. The summed E-state index contributed by atoms with van der Waals surface area (Å²) in [7, 11) is 0. The quantitative estimate of drug-likeness (QED) is 0.731. The molecule has 9 nitrogen and oxygen atoms in total. The van der Waals surface area contributed by atoms with Crippen LogP contribution in [-0.4, -0.2) is 70.1 Å². The van der Waals surface area contributed by atoms with Crippen molar-refractivity contribution in [3.8, 4) is 0 Å². The van der Waals surface area contributed by atoms with Gasteiger partial charge in [0.15, 0.2) is 5.69 Å². The maximum atomic E-state index is 12.9. The number of nitrogens with zero attached hydrogens (tertiary/aromatic N) is 5. The number of halogens is 3. The van der Waals surface area contributed by atoms with E-state index in [4.69, 9.17) is 4.74 Å². The zero-order valence-electron chi connectivity index (χ0n) is 18.5. The van der Waals surface area contributed by atoms with Gasteiger partial charge in [-0.1, -0.05) is 29.8 Å². The Morgan fingerprint density at radius 3 is 2.53 bits per heavy atom. The summed E-state index contributed by atoms with van der Waals surface area (Å²) in [6.07, 6.45) is -4.60. The van der Waals surface area contributed by atoms with Crippen LogP contribution in [0.25, 0.3) is 0 Å². The zero-order chi connectivity index (χ0) is 24.5. The Labute approximate surface area is 193 Å². The van der Waals surface area contributed by atoms with E-state index in [2.05, 4.69) is 20.6 Å². The third kappa shape index (κ3) is 5.01. The number of aryl methyl sites for hydroxylation is 1. The number of benzene rings is 1. The minimum absolute atomic E-state index is 0.0342. The number of amides is 3. The number of ether oxygens (including phenoxy) is 1. The summed E-state index contributed by atoms with van der Waals surface area (Å²) < 4.78 is 43.4. The fourth-order valence-electron chi connectivity index (χ4n) is 3.75. The van der Waals surface area contributed by atoms with Crippen molar-refractivity contribution in [2.24, 2.45) is 5.10 Å². The molecule has 3 heterocycles. The average molecular weight is 476 g/mol. The number of carbonyl (C=O) groups excluding carboxylic acids is 2. The Morgan fingerprint density at radius 1 is 1.18 bits per heavy atom. The highest BCUT2D eigenvalue weighted by Crippen LogP contribution is 2.27. The molecule has 0 saturated carbocycles. The molecule has 2 atom stereocenters. The van der Waals surface area contributed by atoms with Crippen LogP contribution < -0.4 is 5.32 Å². The lowest BCUT2D eigenvalue weighted by Gasteiger charge is -2.32. The number of rotatable bonds is 4. The summed E-state index contributed by atoms with van der Waals surface area (Å²) in [5.74, 6) is -0.188. The fourth-order valence-corrected chi connectivity index (χ4v) is 3.75. The molecule has 0 spiro atoms. The molecule has 2 aromatic rings. The first-order valence-corrected chi connectivity index (χ1v) is 10.6. The van der Waals surface area contributed by atoms with Gasteiger partial charge in [-0.25, -0.2) is 9.80 Å². The Hall–Kier alpha value is -3.54. The number of hydrogen-bond donors (Lipinski definition) is 1. The van der Waals surface area contributed by atoms with Crippen LogP contribution >= 0.6 is 0 Å². The van der Waals surface area contributed by atoms with Gasteiger partial charge >= 0.3 is 12.2 Å². The second kappa shape index (κ2) is 9.37. The van der Waals surface area contributed by atoms with Gasteiger partial charge in [0.2, 0.25) is 5.91 Å². The largest absolute Gasteiger partial charge is 0.435 e. The molecular weight excluding hydrogens is 453 g/mol. The van der Waals surface area contributed by atoms with Crippen LogP contribution in [0.4, 0.5) is 18.0 Å². The number of carbonyl (C=O) groups is 2. The summed E-state index contributed by atoms with van der Waals surface area (Å²) in [6.45, 7) is 4.40. The monoisotopic (exact) mass is 476 g/mol. The van der Waals surface area contributed by atoms with Crippen LogP contribution in [-0.2, 0) is 15.7 Å². The first-order valence-electron chi connectivity index (χ1n) is 10.6. The highest BCUT2D eigenvalue weighted by Gasteiger charge is 2.39. The minimum Gasteiger partial charge on any atom is -0.370 e. The third-order valence-electron chi connectivity index (χ3n) is 5.63. The summed E-state index contributed by atoms with van der Waals surface area (Å²) in [5, 5.41) is 15.2. The molecule has 180 valence electrons. The number of nitrogens with one attached hydrogen (secondary N) is 1. The van der Waals surface area contributed by atoms with Gasteiger partial charge in [0.05, 0.1) is 36.6 Å². The van der Waals surface area contributed by atoms with Crippen LogP contribution in [0.2, 0.25) is 0 Å². The van der Waals surface area contributed by atoms with Gasteiger partial charge in [0.1, 0.15) is 6.61 Å². The predicted octanol–water partition coefficient (Wildman–Crippen LogP) is 2.52. The van der Waals surface area contributed by atoms with Gasteiger partial charge in [0, 0.05) is 6.54 Å². The van der Waals surface area contributed by atoms with E-state index in [0.29, 0.717) is 18.9 Å². The Bertz CT molecular complexity index is 1090.